The Morgan fingerprint density at radius 1 is 1.24 bits per heavy atom. The third kappa shape index (κ3) is 11.5. The summed E-state index contributed by atoms with van der Waals surface area (Å²) < 4.78 is 17.0. The lowest BCUT2D eigenvalue weighted by molar-refractivity contribution is -0.167. The second-order valence-corrected chi connectivity index (χ2v) is 9.62. The number of hydrazone groups is 1. The van der Waals surface area contributed by atoms with Gasteiger partial charge in [-0.15, -0.1) is 0 Å². The monoisotopic (exact) mass is 464 g/mol. The van der Waals surface area contributed by atoms with Crippen LogP contribution in [0.1, 0.15) is 80.1 Å². The largest absolute Gasteiger partial charge is 0.462 e. The zero-order chi connectivity index (χ0) is 25.0. The molecule has 0 bridgehead atoms. The summed E-state index contributed by atoms with van der Waals surface area (Å²) in [6.07, 6.45) is 8.77. The molecule has 7 heteroatoms. The fourth-order valence-electron chi connectivity index (χ4n) is 3.93. The van der Waals surface area contributed by atoms with Crippen molar-refractivity contribution < 1.29 is 23.8 Å². The number of esters is 2. The summed E-state index contributed by atoms with van der Waals surface area (Å²) in [5.41, 5.74) is 2.95. The molecular weight excluding hydrogens is 420 g/mol. The first kappa shape index (κ1) is 28.9. The van der Waals surface area contributed by atoms with E-state index in [1.807, 2.05) is 32.1 Å². The van der Waals surface area contributed by atoms with Crippen molar-refractivity contribution in [1.82, 2.24) is 5.01 Å². The summed E-state index contributed by atoms with van der Waals surface area (Å²) in [5, 5.41) is 6.58. The van der Waals surface area contributed by atoms with Crippen molar-refractivity contribution in [1.29, 1.82) is 0 Å². The molecule has 1 rings (SSSR count). The van der Waals surface area contributed by atoms with E-state index in [4.69, 9.17) is 19.3 Å². The maximum absolute atomic E-state index is 11.8. The van der Waals surface area contributed by atoms with Gasteiger partial charge in [0.1, 0.15) is 18.3 Å². The highest BCUT2D eigenvalue weighted by atomic mass is 16.6. The van der Waals surface area contributed by atoms with Crippen LogP contribution in [0, 0.1) is 5.92 Å². The second-order valence-electron chi connectivity index (χ2n) is 9.62. The van der Waals surface area contributed by atoms with E-state index in [1.165, 1.54) is 25.1 Å². The first-order valence-corrected chi connectivity index (χ1v) is 11.9. The van der Waals surface area contributed by atoms with Gasteiger partial charge in [-0.2, -0.15) is 5.10 Å². The molecule has 33 heavy (non-hydrogen) atoms. The Labute approximate surface area is 200 Å². The van der Waals surface area contributed by atoms with E-state index in [9.17, 15) is 9.59 Å². The Balaban J connectivity index is 2.84. The number of carbonyl (C=O) groups excluding carboxylic acids is 2. The Bertz CT molecular complexity index is 737. The van der Waals surface area contributed by atoms with Crippen LogP contribution in [-0.2, 0) is 23.8 Å². The van der Waals surface area contributed by atoms with Gasteiger partial charge < -0.3 is 19.2 Å². The lowest BCUT2D eigenvalue weighted by atomic mass is 9.87. The zero-order valence-corrected chi connectivity index (χ0v) is 21.9. The maximum Gasteiger partial charge on any atom is 0.303 e. The minimum absolute atomic E-state index is 0.236. The van der Waals surface area contributed by atoms with E-state index in [-0.39, 0.29) is 24.6 Å². The topological polar surface area (TPSA) is 77.4 Å². The molecule has 0 N–H and O–H groups in total. The van der Waals surface area contributed by atoms with E-state index >= 15 is 0 Å². The van der Waals surface area contributed by atoms with Crippen LogP contribution < -0.4 is 0 Å². The predicted molar refractivity (Wildman–Crippen MR) is 132 cm³/mol. The average molecular weight is 465 g/mol. The van der Waals surface area contributed by atoms with Crippen LogP contribution in [0.25, 0.3) is 0 Å². The molecule has 1 heterocycles. The van der Waals surface area contributed by atoms with Crippen molar-refractivity contribution in [2.45, 2.75) is 91.8 Å². The number of hydrogen-bond donors (Lipinski definition) is 0. The van der Waals surface area contributed by atoms with Crippen molar-refractivity contribution in [3.05, 3.63) is 23.3 Å². The van der Waals surface area contributed by atoms with Gasteiger partial charge in [-0.1, -0.05) is 18.6 Å². The number of hydrogen-bond acceptors (Lipinski definition) is 7. The third-order valence-electron chi connectivity index (χ3n) is 5.89. The van der Waals surface area contributed by atoms with Gasteiger partial charge in [0.05, 0.1) is 6.61 Å². The number of ether oxygens (including phenoxy) is 3. The highest BCUT2D eigenvalue weighted by molar-refractivity contribution is 5.87. The zero-order valence-electron chi connectivity index (χ0n) is 21.9. The Hall–Kier alpha value is -2.15. The molecule has 1 aliphatic heterocycles. The average Bonchev–Trinajstić information content (AvgIpc) is 2.84. The molecule has 0 aromatic carbocycles. The maximum atomic E-state index is 11.8. The summed E-state index contributed by atoms with van der Waals surface area (Å²) in [6, 6.07) is 0. The minimum Gasteiger partial charge on any atom is -0.462 e. The molecule has 1 unspecified atom stereocenters. The summed E-state index contributed by atoms with van der Waals surface area (Å²) in [6.45, 7) is 12.0. The molecule has 0 saturated carbocycles. The van der Waals surface area contributed by atoms with Crippen molar-refractivity contribution >= 4 is 17.7 Å². The van der Waals surface area contributed by atoms with Crippen LogP contribution in [0.5, 0.6) is 0 Å². The molecule has 0 aliphatic carbocycles. The van der Waals surface area contributed by atoms with Gasteiger partial charge in [-0.3, -0.25) is 9.59 Å². The molecule has 3 atom stereocenters. The molecule has 1 saturated heterocycles. The van der Waals surface area contributed by atoms with Gasteiger partial charge >= 0.3 is 11.9 Å². The Kier molecular flexibility index (Phi) is 12.4. The lowest BCUT2D eigenvalue weighted by Crippen LogP contribution is -2.43. The second kappa shape index (κ2) is 14.2. The summed E-state index contributed by atoms with van der Waals surface area (Å²) in [5.74, 6) is -0.263. The van der Waals surface area contributed by atoms with Crippen LogP contribution >= 0.6 is 0 Å². The molecule has 0 aromatic rings. The summed E-state index contributed by atoms with van der Waals surface area (Å²) in [7, 11) is 3.90. The van der Waals surface area contributed by atoms with E-state index in [2.05, 4.69) is 26.8 Å². The van der Waals surface area contributed by atoms with Gasteiger partial charge in [-0.25, -0.2) is 0 Å². The fraction of sp³-hybridized carbons (Fsp3) is 0.731. The Morgan fingerprint density at radius 3 is 2.52 bits per heavy atom. The molecular formula is C26H44N2O5. The predicted octanol–water partition coefficient (Wildman–Crippen LogP) is 5.06. The molecule has 7 nitrogen and oxygen atoms in total. The molecule has 1 fully saturated rings. The van der Waals surface area contributed by atoms with Crippen molar-refractivity contribution in [2.24, 2.45) is 11.0 Å². The quantitative estimate of drug-likeness (QED) is 0.184. The third-order valence-corrected chi connectivity index (χ3v) is 5.89. The number of allylic oxidation sites excluding steroid dienone is 2. The number of carbonyl (C=O) groups is 2. The van der Waals surface area contributed by atoms with E-state index in [1.54, 1.807) is 0 Å². The number of nitrogens with zero attached hydrogens (tertiary/aromatic N) is 2. The Morgan fingerprint density at radius 2 is 1.94 bits per heavy atom. The smallest absolute Gasteiger partial charge is 0.303 e. The van der Waals surface area contributed by atoms with Crippen LogP contribution in [-0.4, -0.2) is 61.7 Å². The molecule has 0 spiro atoms. The standard InChI is InChI=1S/C26H44N2O5/c1-19(2)11-13-24(27-28(7)8)20(3)10-9-16-26(6)25(33-22(5)30)14-12-23(18-32-26)15-17-31-21(4)29/h11,15,20,25H,9-10,12-14,16-18H2,1-8H3/t20?,25-,26+/m1/s1. The highest BCUT2D eigenvalue weighted by Crippen LogP contribution is 2.34. The van der Waals surface area contributed by atoms with Gasteiger partial charge in [-0.05, 0) is 70.4 Å². The van der Waals surface area contributed by atoms with Gasteiger partial charge in [0.15, 0.2) is 0 Å². The lowest BCUT2D eigenvalue weighted by Gasteiger charge is -2.35. The van der Waals surface area contributed by atoms with E-state index < -0.39 is 5.60 Å². The van der Waals surface area contributed by atoms with Crippen LogP contribution in [0.2, 0.25) is 0 Å². The van der Waals surface area contributed by atoms with Crippen molar-refractivity contribution in [3.63, 3.8) is 0 Å². The van der Waals surface area contributed by atoms with Crippen LogP contribution in [0.15, 0.2) is 28.4 Å². The molecule has 1 aliphatic rings. The van der Waals surface area contributed by atoms with Crippen molar-refractivity contribution in [3.8, 4) is 0 Å². The highest BCUT2D eigenvalue weighted by Gasteiger charge is 2.39. The van der Waals surface area contributed by atoms with Crippen molar-refractivity contribution in [2.75, 3.05) is 27.3 Å². The molecule has 0 radical (unpaired) electrons. The van der Waals surface area contributed by atoms with E-state index in [0.717, 1.165) is 37.7 Å². The summed E-state index contributed by atoms with van der Waals surface area (Å²) >= 11 is 0. The van der Waals surface area contributed by atoms with Gasteiger partial charge in [0.2, 0.25) is 0 Å². The normalized spacial score (nSPS) is 23.5. The summed E-state index contributed by atoms with van der Waals surface area (Å²) in [4.78, 5) is 22.8. The first-order chi connectivity index (χ1) is 15.4. The molecule has 188 valence electrons. The fourth-order valence-corrected chi connectivity index (χ4v) is 3.93. The van der Waals surface area contributed by atoms with Crippen LogP contribution in [0.3, 0.4) is 0 Å². The first-order valence-electron chi connectivity index (χ1n) is 11.9. The van der Waals surface area contributed by atoms with E-state index in [0.29, 0.717) is 18.9 Å². The van der Waals surface area contributed by atoms with Crippen LogP contribution in [0.4, 0.5) is 0 Å². The minimum atomic E-state index is -0.568. The molecule has 0 amide bonds. The number of rotatable bonds is 11. The molecule has 0 aromatic heterocycles. The van der Waals surface area contributed by atoms with Gasteiger partial charge in [0, 0.05) is 40.1 Å². The SMILES string of the molecule is CC(=O)OCC=C1CC[C@@H](OC(C)=O)[C@](C)(CCCC(C)C(CC=C(C)C)=NN(C)C)OC1. The van der Waals surface area contributed by atoms with Gasteiger partial charge in [0.25, 0.3) is 0 Å².